The number of rotatable bonds is 3. The van der Waals surface area contributed by atoms with Crippen molar-refractivity contribution < 1.29 is 0 Å². The van der Waals surface area contributed by atoms with E-state index >= 15 is 0 Å². The SMILES string of the molecule is Clc1ccc(NCc2ncc(Cl)s2)c(Cl)c1. The average molecular weight is 294 g/mol. The zero-order valence-electron chi connectivity index (χ0n) is 8.01. The fourth-order valence-corrected chi connectivity index (χ4v) is 2.54. The molecule has 2 nitrogen and oxygen atoms in total. The molecule has 84 valence electrons. The van der Waals surface area contributed by atoms with Crippen LogP contribution in [0.1, 0.15) is 5.01 Å². The van der Waals surface area contributed by atoms with E-state index in [1.54, 1.807) is 18.3 Å². The smallest absolute Gasteiger partial charge is 0.113 e. The fourth-order valence-electron chi connectivity index (χ4n) is 1.17. The summed E-state index contributed by atoms with van der Waals surface area (Å²) >= 11 is 19.0. The number of benzene rings is 1. The monoisotopic (exact) mass is 292 g/mol. The van der Waals surface area contributed by atoms with Gasteiger partial charge >= 0.3 is 0 Å². The minimum atomic E-state index is 0.593. The van der Waals surface area contributed by atoms with E-state index in [9.17, 15) is 0 Å². The maximum absolute atomic E-state index is 6.01. The summed E-state index contributed by atoms with van der Waals surface area (Å²) in [6.45, 7) is 0.596. The van der Waals surface area contributed by atoms with E-state index < -0.39 is 0 Å². The van der Waals surface area contributed by atoms with Crippen molar-refractivity contribution in [3.8, 4) is 0 Å². The second kappa shape index (κ2) is 5.23. The van der Waals surface area contributed by atoms with E-state index in [0.29, 0.717) is 20.9 Å². The molecule has 16 heavy (non-hydrogen) atoms. The summed E-state index contributed by atoms with van der Waals surface area (Å²) < 4.78 is 0.680. The van der Waals surface area contributed by atoms with Crippen molar-refractivity contribution in [2.24, 2.45) is 0 Å². The van der Waals surface area contributed by atoms with Gasteiger partial charge in [0.05, 0.1) is 23.5 Å². The van der Waals surface area contributed by atoms with Crippen molar-refractivity contribution in [1.82, 2.24) is 4.98 Å². The molecule has 0 unspecified atom stereocenters. The molecule has 0 spiro atoms. The molecule has 1 N–H and O–H groups in total. The van der Waals surface area contributed by atoms with Crippen molar-refractivity contribution in [1.29, 1.82) is 0 Å². The number of nitrogens with one attached hydrogen (secondary N) is 1. The number of thiazole rings is 1. The van der Waals surface area contributed by atoms with Crippen molar-refractivity contribution in [2.45, 2.75) is 6.54 Å². The van der Waals surface area contributed by atoms with Crippen LogP contribution in [-0.2, 0) is 6.54 Å². The minimum Gasteiger partial charge on any atom is -0.377 e. The van der Waals surface area contributed by atoms with Gasteiger partial charge in [-0.15, -0.1) is 11.3 Å². The standard InChI is InChI=1S/C10H7Cl3N2S/c11-6-1-2-8(7(12)3-6)14-5-10-15-4-9(13)16-10/h1-4,14H,5H2. The predicted octanol–water partition coefficient (Wildman–Crippen LogP) is 4.72. The van der Waals surface area contributed by atoms with Crippen molar-refractivity contribution in [2.75, 3.05) is 5.32 Å². The van der Waals surface area contributed by atoms with E-state index in [2.05, 4.69) is 10.3 Å². The summed E-state index contributed by atoms with van der Waals surface area (Å²) in [5.74, 6) is 0. The molecule has 0 aliphatic heterocycles. The largest absolute Gasteiger partial charge is 0.377 e. The summed E-state index contributed by atoms with van der Waals surface area (Å²) in [6, 6.07) is 5.31. The third kappa shape index (κ3) is 3.01. The van der Waals surface area contributed by atoms with Gasteiger partial charge in [-0.3, -0.25) is 0 Å². The molecule has 0 radical (unpaired) electrons. The number of aromatic nitrogens is 1. The van der Waals surface area contributed by atoms with Crippen molar-refractivity contribution in [3.05, 3.63) is 43.8 Å². The topological polar surface area (TPSA) is 24.9 Å². The molecule has 0 aliphatic carbocycles. The molecule has 2 aromatic rings. The van der Waals surface area contributed by atoms with Crippen LogP contribution in [0.5, 0.6) is 0 Å². The molecule has 1 aromatic carbocycles. The van der Waals surface area contributed by atoms with Gasteiger partial charge in [-0.2, -0.15) is 0 Å². The van der Waals surface area contributed by atoms with Crippen LogP contribution in [0.25, 0.3) is 0 Å². The van der Waals surface area contributed by atoms with Crippen LogP contribution >= 0.6 is 46.1 Å². The Kier molecular flexibility index (Phi) is 3.92. The molecular weight excluding hydrogens is 287 g/mol. The molecule has 0 saturated carbocycles. The fraction of sp³-hybridized carbons (Fsp3) is 0.100. The summed E-state index contributed by atoms with van der Waals surface area (Å²) in [4.78, 5) is 4.13. The lowest BCUT2D eigenvalue weighted by Crippen LogP contribution is -1.98. The molecule has 0 fully saturated rings. The first kappa shape index (κ1) is 12.0. The Hall–Kier alpha value is -0.480. The quantitative estimate of drug-likeness (QED) is 0.886. The molecule has 1 aromatic heterocycles. The van der Waals surface area contributed by atoms with Crippen LogP contribution < -0.4 is 5.32 Å². The number of anilines is 1. The molecule has 2 rings (SSSR count). The minimum absolute atomic E-state index is 0.593. The molecular formula is C10H7Cl3N2S. The average Bonchev–Trinajstić information content (AvgIpc) is 2.63. The van der Waals surface area contributed by atoms with Gasteiger partial charge in [-0.25, -0.2) is 4.98 Å². The Morgan fingerprint density at radius 1 is 1.25 bits per heavy atom. The molecule has 1 heterocycles. The van der Waals surface area contributed by atoms with Gasteiger partial charge in [0.15, 0.2) is 0 Å². The Morgan fingerprint density at radius 2 is 2.06 bits per heavy atom. The molecule has 0 aliphatic rings. The second-order valence-corrected chi connectivity index (χ2v) is 5.63. The maximum Gasteiger partial charge on any atom is 0.113 e. The highest BCUT2D eigenvalue weighted by molar-refractivity contribution is 7.15. The molecule has 6 heteroatoms. The van der Waals surface area contributed by atoms with Gasteiger partial charge in [-0.05, 0) is 18.2 Å². The summed E-state index contributed by atoms with van der Waals surface area (Å²) in [7, 11) is 0. The lowest BCUT2D eigenvalue weighted by atomic mass is 10.3. The Labute approximate surface area is 112 Å². The molecule has 0 atom stereocenters. The predicted molar refractivity (Wildman–Crippen MR) is 70.9 cm³/mol. The maximum atomic E-state index is 6.01. The normalized spacial score (nSPS) is 10.4. The van der Waals surface area contributed by atoms with Crippen molar-refractivity contribution in [3.63, 3.8) is 0 Å². The van der Waals surface area contributed by atoms with Crippen LogP contribution in [0.15, 0.2) is 24.4 Å². The highest BCUT2D eigenvalue weighted by atomic mass is 35.5. The third-order valence-corrected chi connectivity index (χ3v) is 3.55. The van der Waals surface area contributed by atoms with Crippen LogP contribution in [0.4, 0.5) is 5.69 Å². The summed E-state index contributed by atoms with van der Waals surface area (Å²) in [5, 5.41) is 5.29. The number of hydrogen-bond acceptors (Lipinski definition) is 3. The first-order chi connectivity index (χ1) is 7.65. The molecule has 0 amide bonds. The summed E-state index contributed by atoms with van der Waals surface area (Å²) in [5.41, 5.74) is 0.831. The summed E-state index contributed by atoms with van der Waals surface area (Å²) in [6.07, 6.45) is 1.63. The van der Waals surface area contributed by atoms with Gasteiger partial charge in [-0.1, -0.05) is 34.8 Å². The second-order valence-electron chi connectivity index (χ2n) is 3.04. The van der Waals surface area contributed by atoms with Gasteiger partial charge in [0.1, 0.15) is 9.34 Å². The van der Waals surface area contributed by atoms with E-state index in [-0.39, 0.29) is 0 Å². The van der Waals surface area contributed by atoms with Crippen LogP contribution in [0.3, 0.4) is 0 Å². The third-order valence-electron chi connectivity index (χ3n) is 1.89. The lowest BCUT2D eigenvalue weighted by molar-refractivity contribution is 1.10. The molecule has 0 bridgehead atoms. The highest BCUT2D eigenvalue weighted by Crippen LogP contribution is 2.26. The van der Waals surface area contributed by atoms with Crippen LogP contribution in [0, 0.1) is 0 Å². The van der Waals surface area contributed by atoms with Crippen LogP contribution in [0.2, 0.25) is 14.4 Å². The number of halogens is 3. The van der Waals surface area contributed by atoms with E-state index in [1.165, 1.54) is 11.3 Å². The number of hydrogen-bond donors (Lipinski definition) is 1. The first-order valence-electron chi connectivity index (χ1n) is 4.44. The van der Waals surface area contributed by atoms with Gasteiger partial charge in [0, 0.05) is 5.02 Å². The van der Waals surface area contributed by atoms with E-state index in [0.717, 1.165) is 10.7 Å². The Balaban J connectivity index is 2.04. The first-order valence-corrected chi connectivity index (χ1v) is 6.39. The molecule has 0 saturated heterocycles. The van der Waals surface area contributed by atoms with E-state index in [1.807, 2.05) is 6.07 Å². The zero-order valence-corrected chi connectivity index (χ0v) is 11.1. The number of nitrogens with zero attached hydrogens (tertiary/aromatic N) is 1. The van der Waals surface area contributed by atoms with Gasteiger partial charge in [0.2, 0.25) is 0 Å². The Bertz CT molecular complexity index is 499. The zero-order chi connectivity index (χ0) is 11.5. The highest BCUT2D eigenvalue weighted by Gasteiger charge is 2.03. The van der Waals surface area contributed by atoms with Gasteiger partial charge < -0.3 is 5.32 Å². The van der Waals surface area contributed by atoms with Crippen molar-refractivity contribution >= 4 is 51.8 Å². The lowest BCUT2D eigenvalue weighted by Gasteiger charge is -2.06. The van der Waals surface area contributed by atoms with Gasteiger partial charge in [0.25, 0.3) is 0 Å². The Morgan fingerprint density at radius 3 is 2.69 bits per heavy atom. The van der Waals surface area contributed by atoms with E-state index in [4.69, 9.17) is 34.8 Å². The van der Waals surface area contributed by atoms with Crippen LogP contribution in [-0.4, -0.2) is 4.98 Å².